The SMILES string of the molecule is CCCCC(C(=O)OC)N(C)Cc1ccc(Cl)s1. The van der Waals surface area contributed by atoms with E-state index < -0.39 is 0 Å². The minimum Gasteiger partial charge on any atom is -0.468 e. The molecule has 5 heteroatoms. The lowest BCUT2D eigenvalue weighted by Gasteiger charge is -2.25. The van der Waals surface area contributed by atoms with E-state index in [1.165, 1.54) is 7.11 Å². The second-order valence-electron chi connectivity index (χ2n) is 4.30. The van der Waals surface area contributed by atoms with Gasteiger partial charge in [0.25, 0.3) is 0 Å². The van der Waals surface area contributed by atoms with Crippen LogP contribution in [0.1, 0.15) is 31.1 Å². The summed E-state index contributed by atoms with van der Waals surface area (Å²) in [4.78, 5) is 15.0. The van der Waals surface area contributed by atoms with E-state index >= 15 is 0 Å². The second-order valence-corrected chi connectivity index (χ2v) is 6.10. The lowest BCUT2D eigenvalue weighted by molar-refractivity contribution is -0.147. The lowest BCUT2D eigenvalue weighted by atomic mass is 10.1. The fourth-order valence-electron chi connectivity index (χ4n) is 1.84. The Kier molecular flexibility index (Phi) is 6.68. The van der Waals surface area contributed by atoms with Crippen LogP contribution in [0.5, 0.6) is 0 Å². The molecule has 0 aliphatic heterocycles. The zero-order valence-corrected chi connectivity index (χ0v) is 12.7. The van der Waals surface area contributed by atoms with E-state index in [0.29, 0.717) is 0 Å². The molecule has 1 aromatic heterocycles. The molecule has 0 fully saturated rings. The van der Waals surface area contributed by atoms with Gasteiger partial charge >= 0.3 is 5.97 Å². The predicted octanol–water partition coefficient (Wildman–Crippen LogP) is 3.57. The third-order valence-electron chi connectivity index (χ3n) is 2.87. The average molecular weight is 290 g/mol. The Bertz CT molecular complexity index is 381. The van der Waals surface area contributed by atoms with Gasteiger partial charge in [-0.25, -0.2) is 0 Å². The number of carbonyl (C=O) groups excluding carboxylic acids is 1. The number of rotatable bonds is 7. The maximum Gasteiger partial charge on any atom is 0.323 e. The van der Waals surface area contributed by atoms with Crippen LogP contribution in [-0.2, 0) is 16.1 Å². The van der Waals surface area contributed by atoms with Gasteiger partial charge in [-0.1, -0.05) is 31.4 Å². The van der Waals surface area contributed by atoms with Gasteiger partial charge in [-0.3, -0.25) is 9.69 Å². The third kappa shape index (κ3) is 4.59. The summed E-state index contributed by atoms with van der Waals surface area (Å²) in [7, 11) is 3.39. The number of ether oxygens (including phenoxy) is 1. The van der Waals surface area contributed by atoms with Crippen LogP contribution < -0.4 is 0 Å². The molecule has 1 heterocycles. The van der Waals surface area contributed by atoms with Crippen molar-refractivity contribution in [3.05, 3.63) is 21.3 Å². The maximum absolute atomic E-state index is 11.8. The number of likely N-dealkylation sites (N-methyl/N-ethyl adjacent to an activating group) is 1. The Morgan fingerprint density at radius 2 is 2.28 bits per heavy atom. The Morgan fingerprint density at radius 3 is 2.78 bits per heavy atom. The van der Waals surface area contributed by atoms with Gasteiger partial charge in [-0.2, -0.15) is 0 Å². The van der Waals surface area contributed by atoms with Gasteiger partial charge in [0.1, 0.15) is 6.04 Å². The molecule has 0 saturated carbocycles. The van der Waals surface area contributed by atoms with E-state index in [9.17, 15) is 4.79 Å². The van der Waals surface area contributed by atoms with Crippen LogP contribution in [-0.4, -0.2) is 31.1 Å². The monoisotopic (exact) mass is 289 g/mol. The topological polar surface area (TPSA) is 29.5 Å². The summed E-state index contributed by atoms with van der Waals surface area (Å²) in [6.45, 7) is 2.84. The first-order chi connectivity index (χ1) is 8.58. The molecular weight excluding hydrogens is 270 g/mol. The Balaban J connectivity index is 2.63. The van der Waals surface area contributed by atoms with E-state index in [0.717, 1.165) is 35.0 Å². The fourth-order valence-corrected chi connectivity index (χ4v) is 3.00. The number of hydrogen-bond donors (Lipinski definition) is 0. The highest BCUT2D eigenvalue weighted by molar-refractivity contribution is 7.16. The Hall–Kier alpha value is -0.580. The van der Waals surface area contributed by atoms with Crippen LogP contribution >= 0.6 is 22.9 Å². The zero-order chi connectivity index (χ0) is 13.5. The van der Waals surface area contributed by atoms with Crippen LogP contribution in [0.25, 0.3) is 0 Å². The number of hydrogen-bond acceptors (Lipinski definition) is 4. The largest absolute Gasteiger partial charge is 0.468 e. The molecule has 0 radical (unpaired) electrons. The number of halogens is 1. The molecule has 1 atom stereocenters. The van der Waals surface area contributed by atoms with Gasteiger partial charge in [-0.05, 0) is 25.6 Å². The summed E-state index contributed by atoms with van der Waals surface area (Å²) in [6.07, 6.45) is 2.93. The lowest BCUT2D eigenvalue weighted by Crippen LogP contribution is -2.38. The summed E-state index contributed by atoms with van der Waals surface area (Å²) in [5.74, 6) is -0.159. The summed E-state index contributed by atoms with van der Waals surface area (Å²) in [5.41, 5.74) is 0. The molecule has 1 unspecified atom stereocenters. The van der Waals surface area contributed by atoms with Crippen molar-refractivity contribution < 1.29 is 9.53 Å². The van der Waals surface area contributed by atoms with Crippen molar-refractivity contribution in [3.8, 4) is 0 Å². The molecule has 0 aliphatic rings. The van der Waals surface area contributed by atoms with Crippen molar-refractivity contribution in [2.24, 2.45) is 0 Å². The molecule has 3 nitrogen and oxygen atoms in total. The van der Waals surface area contributed by atoms with Gasteiger partial charge in [0, 0.05) is 11.4 Å². The van der Waals surface area contributed by atoms with E-state index in [1.54, 1.807) is 11.3 Å². The fraction of sp³-hybridized carbons (Fsp3) is 0.615. The normalized spacial score (nSPS) is 12.7. The number of thiophene rings is 1. The molecule has 1 aromatic rings. The van der Waals surface area contributed by atoms with Gasteiger partial charge in [0.05, 0.1) is 11.4 Å². The molecule has 102 valence electrons. The first kappa shape index (κ1) is 15.5. The molecule has 0 spiro atoms. The minimum absolute atomic E-state index is 0.159. The number of methoxy groups -OCH3 is 1. The van der Waals surface area contributed by atoms with Gasteiger partial charge < -0.3 is 4.74 Å². The van der Waals surface area contributed by atoms with E-state index in [4.69, 9.17) is 16.3 Å². The van der Waals surface area contributed by atoms with Gasteiger partial charge in [0.2, 0.25) is 0 Å². The van der Waals surface area contributed by atoms with Crippen LogP contribution in [0.15, 0.2) is 12.1 Å². The van der Waals surface area contributed by atoms with Crippen molar-refractivity contribution in [1.29, 1.82) is 0 Å². The van der Waals surface area contributed by atoms with Crippen molar-refractivity contribution in [3.63, 3.8) is 0 Å². The quantitative estimate of drug-likeness (QED) is 0.719. The first-order valence-corrected chi connectivity index (χ1v) is 7.30. The molecule has 0 amide bonds. The highest BCUT2D eigenvalue weighted by Crippen LogP contribution is 2.23. The number of unbranched alkanes of at least 4 members (excludes halogenated alkanes) is 1. The molecule has 0 aliphatic carbocycles. The Labute approximate surface area is 118 Å². The minimum atomic E-state index is -0.171. The summed E-state index contributed by atoms with van der Waals surface area (Å²) in [5, 5.41) is 0. The van der Waals surface area contributed by atoms with E-state index in [2.05, 4.69) is 6.92 Å². The number of esters is 1. The molecule has 0 aromatic carbocycles. The number of carbonyl (C=O) groups is 1. The first-order valence-electron chi connectivity index (χ1n) is 6.10. The zero-order valence-electron chi connectivity index (χ0n) is 11.1. The standard InChI is InChI=1S/C13H20ClNO2S/c1-4-5-6-11(13(16)17-3)15(2)9-10-7-8-12(14)18-10/h7-8,11H,4-6,9H2,1-3H3. The third-order valence-corrected chi connectivity index (χ3v) is 4.09. The maximum atomic E-state index is 11.8. The van der Waals surface area contributed by atoms with Crippen molar-refractivity contribution in [1.82, 2.24) is 4.90 Å². The van der Waals surface area contributed by atoms with Crippen LogP contribution in [0.3, 0.4) is 0 Å². The smallest absolute Gasteiger partial charge is 0.323 e. The molecule has 0 N–H and O–H groups in total. The molecular formula is C13H20ClNO2S. The molecule has 0 bridgehead atoms. The summed E-state index contributed by atoms with van der Waals surface area (Å²) in [6, 6.07) is 3.71. The highest BCUT2D eigenvalue weighted by atomic mass is 35.5. The second kappa shape index (κ2) is 7.77. The van der Waals surface area contributed by atoms with Crippen molar-refractivity contribution >= 4 is 28.9 Å². The van der Waals surface area contributed by atoms with Crippen LogP contribution in [0.4, 0.5) is 0 Å². The molecule has 1 rings (SSSR count). The molecule has 18 heavy (non-hydrogen) atoms. The summed E-state index contributed by atoms with van der Waals surface area (Å²) >= 11 is 7.45. The number of nitrogens with zero attached hydrogens (tertiary/aromatic N) is 1. The van der Waals surface area contributed by atoms with Crippen LogP contribution in [0, 0.1) is 0 Å². The van der Waals surface area contributed by atoms with Gasteiger partial charge in [-0.15, -0.1) is 11.3 Å². The average Bonchev–Trinajstić information content (AvgIpc) is 2.74. The van der Waals surface area contributed by atoms with Crippen LogP contribution in [0.2, 0.25) is 4.34 Å². The summed E-state index contributed by atoms with van der Waals surface area (Å²) < 4.78 is 5.65. The van der Waals surface area contributed by atoms with Crippen molar-refractivity contribution in [2.45, 2.75) is 38.8 Å². The van der Waals surface area contributed by atoms with E-state index in [-0.39, 0.29) is 12.0 Å². The predicted molar refractivity (Wildman–Crippen MR) is 76.1 cm³/mol. The van der Waals surface area contributed by atoms with Crippen molar-refractivity contribution in [2.75, 3.05) is 14.2 Å². The highest BCUT2D eigenvalue weighted by Gasteiger charge is 2.23. The van der Waals surface area contributed by atoms with Gasteiger partial charge in [0.15, 0.2) is 0 Å². The van der Waals surface area contributed by atoms with E-state index in [1.807, 2.05) is 24.1 Å². The Morgan fingerprint density at radius 1 is 1.56 bits per heavy atom. The molecule has 0 saturated heterocycles.